The number of rotatable bonds is 2. The van der Waals surface area contributed by atoms with Crippen molar-refractivity contribution in [3.8, 4) is 22.3 Å². The number of hydrogen-bond donors (Lipinski definition) is 0. The van der Waals surface area contributed by atoms with Gasteiger partial charge in [0.25, 0.3) is 0 Å². The molecule has 1 aromatic heterocycles. The molecular weight excluding hydrogens is 544 g/mol. The molecule has 208 valence electrons. The molecule has 1 nitrogen and oxygen atoms in total. The van der Waals surface area contributed by atoms with Crippen LogP contribution in [0.15, 0.2) is 162 Å². The van der Waals surface area contributed by atoms with E-state index >= 15 is 0 Å². The van der Waals surface area contributed by atoms with Gasteiger partial charge in [-0.2, -0.15) is 0 Å². The zero-order chi connectivity index (χ0) is 31.2. The van der Waals surface area contributed by atoms with Gasteiger partial charge in [0.15, 0.2) is 0 Å². The van der Waals surface area contributed by atoms with Crippen molar-refractivity contribution in [2.75, 3.05) is 0 Å². The molecule has 0 radical (unpaired) electrons. The van der Waals surface area contributed by atoms with E-state index in [1.165, 1.54) is 43.4 Å². The Kier molecular flexibility index (Phi) is 4.66. The lowest BCUT2D eigenvalue weighted by molar-refractivity contribution is 0.670. The molecule has 1 heterocycles. The van der Waals surface area contributed by atoms with E-state index in [1.807, 2.05) is 24.3 Å². The zero-order valence-corrected chi connectivity index (χ0v) is 24.3. The third kappa shape index (κ3) is 3.50. The maximum absolute atomic E-state index is 9.26. The first kappa shape index (κ1) is 22.6. The van der Waals surface area contributed by atoms with E-state index in [1.54, 1.807) is 0 Å². The predicted molar refractivity (Wildman–Crippen MR) is 192 cm³/mol. The van der Waals surface area contributed by atoms with Crippen LogP contribution in [0.25, 0.3) is 98.1 Å². The summed E-state index contributed by atoms with van der Waals surface area (Å²) in [5.41, 5.74) is 5.84. The lowest BCUT2D eigenvalue weighted by atomic mass is 9.83. The minimum atomic E-state index is 0.323. The van der Waals surface area contributed by atoms with Gasteiger partial charge in [0.05, 0.1) is 2.74 Å². The highest BCUT2D eigenvalue weighted by Gasteiger charge is 2.21. The molecule has 0 amide bonds. The van der Waals surface area contributed by atoms with Gasteiger partial charge in [-0.1, -0.05) is 140 Å². The van der Waals surface area contributed by atoms with Gasteiger partial charge in [-0.3, -0.25) is 0 Å². The van der Waals surface area contributed by atoms with Crippen LogP contribution in [0, 0.1) is 0 Å². The summed E-state index contributed by atoms with van der Waals surface area (Å²) >= 11 is 0. The van der Waals surface area contributed by atoms with Gasteiger partial charge < -0.3 is 4.42 Å². The number of benzene rings is 9. The smallest absolute Gasteiger partial charge is 0.136 e. The summed E-state index contributed by atoms with van der Waals surface area (Å²) in [5.74, 6) is 0. The topological polar surface area (TPSA) is 13.1 Å². The second kappa shape index (κ2) is 9.29. The van der Waals surface area contributed by atoms with Crippen LogP contribution >= 0.6 is 0 Å². The average Bonchev–Trinajstić information content (AvgIpc) is 3.53. The van der Waals surface area contributed by atoms with Crippen molar-refractivity contribution in [1.82, 2.24) is 0 Å². The average molecular weight is 573 g/mol. The molecule has 45 heavy (non-hydrogen) atoms. The minimum absolute atomic E-state index is 0.323. The summed E-state index contributed by atoms with van der Waals surface area (Å²) in [6.07, 6.45) is 0. The highest BCUT2D eigenvalue weighted by molar-refractivity contribution is 6.29. The first-order valence-electron chi connectivity index (χ1n) is 16.4. The molecule has 0 aliphatic rings. The van der Waals surface area contributed by atoms with Gasteiger partial charge in [-0.05, 0) is 94.3 Å². The van der Waals surface area contributed by atoms with Crippen molar-refractivity contribution >= 4 is 75.8 Å². The Morgan fingerprint density at radius 1 is 0.356 bits per heavy atom. The number of furan rings is 1. The second-order valence-corrected chi connectivity index (χ2v) is 11.8. The van der Waals surface area contributed by atoms with Crippen molar-refractivity contribution in [3.05, 3.63) is 158 Å². The van der Waals surface area contributed by atoms with E-state index in [0.29, 0.717) is 28.6 Å². The van der Waals surface area contributed by atoms with E-state index in [0.717, 1.165) is 38.1 Å². The van der Waals surface area contributed by atoms with Crippen LogP contribution in [-0.2, 0) is 0 Å². The maximum atomic E-state index is 9.26. The van der Waals surface area contributed by atoms with Crippen LogP contribution in [0.1, 0.15) is 2.74 Å². The van der Waals surface area contributed by atoms with Crippen molar-refractivity contribution in [2.45, 2.75) is 0 Å². The van der Waals surface area contributed by atoms with Gasteiger partial charge in [-0.15, -0.1) is 0 Å². The molecule has 9 aromatic carbocycles. The van der Waals surface area contributed by atoms with E-state index < -0.39 is 0 Å². The molecule has 0 saturated carbocycles. The minimum Gasteiger partial charge on any atom is -0.456 e. The van der Waals surface area contributed by atoms with Crippen LogP contribution < -0.4 is 0 Å². The number of hydrogen-bond acceptors (Lipinski definition) is 1. The summed E-state index contributed by atoms with van der Waals surface area (Å²) in [6, 6.07) is 51.7. The van der Waals surface area contributed by atoms with Gasteiger partial charge >= 0.3 is 0 Å². The highest BCUT2D eigenvalue weighted by Crippen LogP contribution is 2.48. The first-order chi connectivity index (χ1) is 23.2. The second-order valence-electron chi connectivity index (χ2n) is 11.8. The summed E-state index contributed by atoms with van der Waals surface area (Å²) in [4.78, 5) is 0. The molecule has 0 bridgehead atoms. The molecule has 0 unspecified atom stereocenters. The van der Waals surface area contributed by atoms with Crippen molar-refractivity contribution in [2.24, 2.45) is 0 Å². The summed E-state index contributed by atoms with van der Waals surface area (Å²) in [7, 11) is 0. The third-order valence-electron chi connectivity index (χ3n) is 9.39. The van der Waals surface area contributed by atoms with E-state index in [2.05, 4.69) is 121 Å². The van der Waals surface area contributed by atoms with Crippen molar-refractivity contribution in [3.63, 3.8) is 0 Å². The Labute approximate surface area is 262 Å². The van der Waals surface area contributed by atoms with E-state index in [4.69, 9.17) is 5.79 Å². The Hall–Kier alpha value is -5.92. The van der Waals surface area contributed by atoms with E-state index in [-0.39, 0.29) is 0 Å². The number of fused-ring (bicyclic) bond motifs is 9. The van der Waals surface area contributed by atoms with Gasteiger partial charge in [-0.25, -0.2) is 0 Å². The molecule has 10 rings (SSSR count). The van der Waals surface area contributed by atoms with Gasteiger partial charge in [0.2, 0.25) is 0 Å². The monoisotopic (exact) mass is 572 g/mol. The Morgan fingerprint density at radius 3 is 1.51 bits per heavy atom. The van der Waals surface area contributed by atoms with Gasteiger partial charge in [0, 0.05) is 10.8 Å². The SMILES string of the molecule is [2H]c1c2ccccc2c([2H])c2c1oc1cc(-c3c4ccccc4c(-c4cccc5ccccc45)c4ccccc34)c3ccccc3c12. The first-order valence-corrected chi connectivity index (χ1v) is 15.4. The molecular formula is C44H26O. The largest absolute Gasteiger partial charge is 0.456 e. The molecule has 1 heteroatoms. The van der Waals surface area contributed by atoms with Crippen LogP contribution in [0.2, 0.25) is 0 Å². The standard InChI is InChI=1S/C44H26O/c1-2-14-29-25-40-39(24-28(29)13-1)44-33-18-6-5-17-31(33)38(26-41(44)45-40)43-36-21-9-7-19-34(36)42(35-20-8-10-22-37(35)43)32-23-11-15-27-12-3-4-16-30(27)32/h1-26H/i24D,25D. The summed E-state index contributed by atoms with van der Waals surface area (Å²) in [6.45, 7) is 0. The molecule has 0 fully saturated rings. The maximum Gasteiger partial charge on any atom is 0.136 e. The Balaban J connectivity index is 1.39. The molecule has 0 saturated heterocycles. The fourth-order valence-corrected chi connectivity index (χ4v) is 7.49. The third-order valence-corrected chi connectivity index (χ3v) is 9.39. The Bertz CT molecular complexity index is 2870. The quantitative estimate of drug-likeness (QED) is 0.188. The van der Waals surface area contributed by atoms with Crippen molar-refractivity contribution < 1.29 is 7.16 Å². The lowest BCUT2D eigenvalue weighted by Crippen LogP contribution is -1.92. The van der Waals surface area contributed by atoms with Gasteiger partial charge in [0.1, 0.15) is 11.2 Å². The molecule has 0 N–H and O–H groups in total. The fraction of sp³-hybridized carbons (Fsp3) is 0. The molecule has 0 spiro atoms. The fourth-order valence-electron chi connectivity index (χ4n) is 7.49. The summed E-state index contributed by atoms with van der Waals surface area (Å²) in [5, 5.41) is 12.4. The van der Waals surface area contributed by atoms with Crippen LogP contribution in [0.4, 0.5) is 0 Å². The molecule has 0 atom stereocenters. The van der Waals surface area contributed by atoms with Crippen LogP contribution in [0.5, 0.6) is 0 Å². The van der Waals surface area contributed by atoms with Crippen LogP contribution in [0.3, 0.4) is 0 Å². The Morgan fingerprint density at radius 2 is 0.844 bits per heavy atom. The highest BCUT2D eigenvalue weighted by atomic mass is 16.3. The predicted octanol–water partition coefficient (Wildman–Crippen LogP) is 12.7. The van der Waals surface area contributed by atoms with Crippen molar-refractivity contribution in [1.29, 1.82) is 0 Å². The van der Waals surface area contributed by atoms with Crippen LogP contribution in [-0.4, -0.2) is 0 Å². The molecule has 0 aliphatic carbocycles. The van der Waals surface area contributed by atoms with E-state index in [9.17, 15) is 1.37 Å². The summed E-state index contributed by atoms with van der Waals surface area (Å²) < 4.78 is 24.9. The molecule has 10 aromatic rings. The zero-order valence-electron chi connectivity index (χ0n) is 26.3. The normalized spacial score (nSPS) is 12.6. The molecule has 0 aliphatic heterocycles. The lowest BCUT2D eigenvalue weighted by Gasteiger charge is -2.19.